The third-order valence-electron chi connectivity index (χ3n) is 3.04. The molecule has 2 unspecified atom stereocenters. The molecule has 3 N–H and O–H groups in total. The van der Waals surface area contributed by atoms with Crippen LogP contribution in [-0.2, 0) is 19.6 Å². The van der Waals surface area contributed by atoms with Gasteiger partial charge in [-0.3, -0.25) is 14.9 Å². The molecule has 10 heteroatoms. The van der Waals surface area contributed by atoms with Crippen LogP contribution in [0, 0.1) is 11.7 Å². The Labute approximate surface area is 132 Å². The molecule has 1 aromatic rings. The summed E-state index contributed by atoms with van der Waals surface area (Å²) in [6.07, 6.45) is 0. The maximum atomic E-state index is 13.7. The molecule has 22 heavy (non-hydrogen) atoms. The number of hydrogen-bond acceptors (Lipinski definition) is 6. The van der Waals surface area contributed by atoms with E-state index in [0.717, 1.165) is 6.07 Å². The van der Waals surface area contributed by atoms with E-state index in [1.165, 1.54) is 12.1 Å². The zero-order chi connectivity index (χ0) is 16.3. The number of anilines is 1. The monoisotopic (exact) mass is 351 g/mol. The van der Waals surface area contributed by atoms with E-state index < -0.39 is 33.1 Å². The Hall–Kier alpha value is -1.42. The summed E-state index contributed by atoms with van der Waals surface area (Å²) in [4.78, 5) is 11.8. The van der Waals surface area contributed by atoms with Crippen molar-refractivity contribution in [3.8, 4) is 0 Å². The molecule has 1 aliphatic rings. The van der Waals surface area contributed by atoms with Gasteiger partial charge >= 0.3 is 5.97 Å². The summed E-state index contributed by atoms with van der Waals surface area (Å²) in [7, 11) is -4.07. The van der Waals surface area contributed by atoms with Crippen LogP contribution in [0.2, 0.25) is 5.02 Å². The van der Waals surface area contributed by atoms with Crippen LogP contribution in [0.5, 0.6) is 0 Å². The second-order valence-corrected chi connectivity index (χ2v) is 6.81. The van der Waals surface area contributed by atoms with E-state index in [-0.39, 0.29) is 23.9 Å². The van der Waals surface area contributed by atoms with Crippen molar-refractivity contribution in [3.63, 3.8) is 0 Å². The van der Waals surface area contributed by atoms with E-state index in [2.05, 4.69) is 15.6 Å². The number of benzene rings is 1. The largest absolute Gasteiger partial charge is 0.466 e. The first-order valence-corrected chi connectivity index (χ1v) is 8.39. The zero-order valence-corrected chi connectivity index (χ0v) is 13.2. The minimum absolute atomic E-state index is 0.0908. The van der Waals surface area contributed by atoms with E-state index in [9.17, 15) is 17.6 Å². The third-order valence-corrected chi connectivity index (χ3v) is 4.89. The van der Waals surface area contributed by atoms with Crippen LogP contribution in [-0.4, -0.2) is 32.9 Å². The average Bonchev–Trinajstić information content (AvgIpc) is 2.92. The molecule has 0 radical (unpaired) electrons. The summed E-state index contributed by atoms with van der Waals surface area (Å²) < 4.78 is 45.3. The standard InChI is InChI=1S/C12H15ClFN3O4S/c1-2-21-12(18)8-6-15-16-11(8)22(19,20)17-10-4-3-7(13)5-9(10)14/h3-5,8,11,15-17H,2,6H2,1H3. The Morgan fingerprint density at radius 3 is 2.91 bits per heavy atom. The van der Waals surface area contributed by atoms with Gasteiger partial charge in [0.05, 0.1) is 12.3 Å². The molecule has 1 saturated heterocycles. The molecule has 0 bridgehead atoms. The average molecular weight is 352 g/mol. The van der Waals surface area contributed by atoms with Gasteiger partial charge in [0.1, 0.15) is 11.7 Å². The van der Waals surface area contributed by atoms with Gasteiger partial charge in [-0.1, -0.05) is 11.6 Å². The molecular weight excluding hydrogens is 337 g/mol. The number of nitrogens with one attached hydrogen (secondary N) is 3. The molecule has 1 aromatic carbocycles. The fraction of sp³-hybridized carbons (Fsp3) is 0.417. The van der Waals surface area contributed by atoms with Crippen molar-refractivity contribution < 1.29 is 22.3 Å². The van der Waals surface area contributed by atoms with Gasteiger partial charge < -0.3 is 4.74 Å². The van der Waals surface area contributed by atoms with Gasteiger partial charge in [0.15, 0.2) is 5.37 Å². The molecule has 0 aromatic heterocycles. The lowest BCUT2D eigenvalue weighted by atomic mass is 10.2. The van der Waals surface area contributed by atoms with Gasteiger partial charge in [-0.05, 0) is 25.1 Å². The minimum Gasteiger partial charge on any atom is -0.466 e. The van der Waals surface area contributed by atoms with Crippen molar-refractivity contribution >= 4 is 33.3 Å². The number of esters is 1. The van der Waals surface area contributed by atoms with Crippen molar-refractivity contribution in [2.75, 3.05) is 17.9 Å². The lowest BCUT2D eigenvalue weighted by Gasteiger charge is -2.19. The first kappa shape index (κ1) is 16.9. The van der Waals surface area contributed by atoms with Gasteiger partial charge in [0, 0.05) is 11.6 Å². The van der Waals surface area contributed by atoms with Crippen molar-refractivity contribution in [1.82, 2.24) is 10.9 Å². The SMILES string of the molecule is CCOC(=O)C1CNNC1S(=O)(=O)Nc1ccc(Cl)cc1F. The summed E-state index contributed by atoms with van der Waals surface area (Å²) in [5, 5.41) is -1.13. The number of sulfonamides is 1. The van der Waals surface area contributed by atoms with Gasteiger partial charge in [0.25, 0.3) is 10.0 Å². The Morgan fingerprint density at radius 1 is 1.55 bits per heavy atom. The summed E-state index contributed by atoms with van der Waals surface area (Å²) in [6, 6.07) is 3.55. The van der Waals surface area contributed by atoms with Crippen LogP contribution < -0.4 is 15.6 Å². The second kappa shape index (κ2) is 6.78. The zero-order valence-electron chi connectivity index (χ0n) is 11.6. The molecule has 1 aliphatic heterocycles. The third kappa shape index (κ3) is 3.67. The Bertz CT molecular complexity index is 670. The first-order valence-electron chi connectivity index (χ1n) is 6.47. The normalized spacial score (nSPS) is 21.6. The predicted molar refractivity (Wildman–Crippen MR) is 79.0 cm³/mol. The van der Waals surface area contributed by atoms with E-state index >= 15 is 0 Å². The van der Waals surface area contributed by atoms with Crippen LogP contribution in [0.25, 0.3) is 0 Å². The molecule has 1 heterocycles. The number of halogens is 2. The number of rotatable bonds is 5. The lowest BCUT2D eigenvalue weighted by molar-refractivity contribution is -0.147. The van der Waals surface area contributed by atoms with Gasteiger partial charge in [-0.25, -0.2) is 18.2 Å². The molecule has 0 saturated carbocycles. The molecule has 2 rings (SSSR count). The van der Waals surface area contributed by atoms with Crippen LogP contribution >= 0.6 is 11.6 Å². The van der Waals surface area contributed by atoms with Crippen molar-refractivity contribution in [2.24, 2.45) is 5.92 Å². The van der Waals surface area contributed by atoms with Crippen LogP contribution in [0.3, 0.4) is 0 Å². The van der Waals surface area contributed by atoms with Crippen LogP contribution in [0.1, 0.15) is 6.92 Å². The Kier molecular flexibility index (Phi) is 5.22. The summed E-state index contributed by atoms with van der Waals surface area (Å²) in [5.41, 5.74) is 4.83. The molecule has 7 nitrogen and oxygen atoms in total. The number of carbonyl (C=O) groups excluding carboxylic acids is 1. The molecule has 0 spiro atoms. The predicted octanol–water partition coefficient (Wildman–Crippen LogP) is 0.834. The Balaban J connectivity index is 2.20. The molecular formula is C12H15ClFN3O4S. The highest BCUT2D eigenvalue weighted by Crippen LogP contribution is 2.23. The molecule has 122 valence electrons. The topological polar surface area (TPSA) is 96.5 Å². The van der Waals surface area contributed by atoms with Crippen LogP contribution in [0.15, 0.2) is 18.2 Å². The summed E-state index contributed by atoms with van der Waals surface area (Å²) in [6.45, 7) is 1.85. The maximum Gasteiger partial charge on any atom is 0.313 e. The molecule has 0 aliphatic carbocycles. The molecule has 1 fully saturated rings. The Morgan fingerprint density at radius 2 is 2.27 bits per heavy atom. The fourth-order valence-electron chi connectivity index (χ4n) is 2.02. The molecule has 2 atom stereocenters. The number of hydrogen-bond donors (Lipinski definition) is 3. The number of carbonyl (C=O) groups is 1. The van der Waals surface area contributed by atoms with Gasteiger partial charge in [0.2, 0.25) is 0 Å². The highest BCUT2D eigenvalue weighted by atomic mass is 35.5. The summed E-state index contributed by atoms with van der Waals surface area (Å²) in [5.74, 6) is -2.39. The van der Waals surface area contributed by atoms with Crippen molar-refractivity contribution in [1.29, 1.82) is 0 Å². The van der Waals surface area contributed by atoms with Gasteiger partial charge in [-0.15, -0.1) is 0 Å². The first-order chi connectivity index (χ1) is 10.3. The molecule has 0 amide bonds. The number of hydrazine groups is 1. The minimum atomic E-state index is -4.07. The van der Waals surface area contributed by atoms with E-state index in [1.54, 1.807) is 6.92 Å². The van der Waals surface area contributed by atoms with Crippen molar-refractivity contribution in [2.45, 2.75) is 12.3 Å². The second-order valence-electron chi connectivity index (χ2n) is 4.58. The smallest absolute Gasteiger partial charge is 0.313 e. The van der Waals surface area contributed by atoms with Crippen LogP contribution in [0.4, 0.5) is 10.1 Å². The highest BCUT2D eigenvalue weighted by molar-refractivity contribution is 7.93. The van der Waals surface area contributed by atoms with Gasteiger partial charge in [-0.2, -0.15) is 0 Å². The summed E-state index contributed by atoms with van der Waals surface area (Å²) >= 11 is 5.61. The fourth-order valence-corrected chi connectivity index (χ4v) is 3.65. The maximum absolute atomic E-state index is 13.7. The van der Waals surface area contributed by atoms with E-state index in [1.807, 2.05) is 0 Å². The van der Waals surface area contributed by atoms with E-state index in [4.69, 9.17) is 16.3 Å². The van der Waals surface area contributed by atoms with E-state index in [0.29, 0.717) is 0 Å². The lowest BCUT2D eigenvalue weighted by Crippen LogP contribution is -2.44. The number of ether oxygens (including phenoxy) is 1. The van der Waals surface area contributed by atoms with Crippen molar-refractivity contribution in [3.05, 3.63) is 29.0 Å². The quantitative estimate of drug-likeness (QED) is 0.680. The highest BCUT2D eigenvalue weighted by Gasteiger charge is 2.43.